The Morgan fingerprint density at radius 3 is 2.40 bits per heavy atom. The molecule has 1 aliphatic heterocycles. The molecule has 8 nitrogen and oxygen atoms in total. The lowest BCUT2D eigenvalue weighted by atomic mass is 9.95. The minimum absolute atomic E-state index is 0.170. The largest absolute Gasteiger partial charge is 0.493 e. The van der Waals surface area contributed by atoms with Crippen molar-refractivity contribution in [2.45, 2.75) is 33.7 Å². The fourth-order valence-corrected chi connectivity index (χ4v) is 6.80. The van der Waals surface area contributed by atoms with Crippen LogP contribution in [0.5, 0.6) is 11.5 Å². The van der Waals surface area contributed by atoms with Crippen molar-refractivity contribution in [1.29, 1.82) is 0 Å². The Bertz CT molecular complexity index is 1920. The summed E-state index contributed by atoms with van der Waals surface area (Å²) in [5.74, 6) is 0.0811. The van der Waals surface area contributed by atoms with Crippen molar-refractivity contribution in [2.24, 2.45) is 4.99 Å². The van der Waals surface area contributed by atoms with Gasteiger partial charge in [0.25, 0.3) is 5.56 Å². The van der Waals surface area contributed by atoms with E-state index in [1.165, 1.54) is 42.3 Å². The quantitative estimate of drug-likeness (QED) is 0.259. The first-order chi connectivity index (χ1) is 20.1. The number of rotatable bonds is 7. The minimum atomic E-state index is -0.830. The predicted octanol–water partition coefficient (Wildman–Crippen LogP) is 5.12. The standard InChI is InChI=1S/C31H29BrFN3O5S/c1-7-41-30(38)27-17(3)34-31-36(28(27)22-14-24(39-5)25(40-6)15-23(22)32)29(37)26(42-31)13-19-12-16(2)35(18(19)4)21-10-8-20(33)9-11-21/h8-15,28H,7H2,1-6H3/b26-13-/t28-/m1/s1. The molecule has 0 saturated heterocycles. The van der Waals surface area contributed by atoms with Gasteiger partial charge in [-0.25, -0.2) is 14.2 Å². The fraction of sp³-hybridized carbons (Fsp3) is 0.258. The number of nitrogens with zero attached hydrogens (tertiary/aromatic N) is 3. The monoisotopic (exact) mass is 653 g/mol. The molecule has 42 heavy (non-hydrogen) atoms. The van der Waals surface area contributed by atoms with Crippen LogP contribution in [0.4, 0.5) is 4.39 Å². The van der Waals surface area contributed by atoms with Crippen molar-refractivity contribution in [2.75, 3.05) is 20.8 Å². The van der Waals surface area contributed by atoms with Crippen LogP contribution < -0.4 is 24.4 Å². The van der Waals surface area contributed by atoms with E-state index in [-0.39, 0.29) is 23.6 Å². The van der Waals surface area contributed by atoms with Crippen LogP contribution in [-0.2, 0) is 9.53 Å². The number of methoxy groups -OCH3 is 2. The van der Waals surface area contributed by atoms with Gasteiger partial charge in [-0.2, -0.15) is 0 Å². The Hall–Kier alpha value is -3.96. The summed E-state index contributed by atoms with van der Waals surface area (Å²) in [6, 6.07) is 10.9. The average molecular weight is 655 g/mol. The van der Waals surface area contributed by atoms with Crippen LogP contribution in [0.25, 0.3) is 11.8 Å². The van der Waals surface area contributed by atoms with Crippen LogP contribution in [0, 0.1) is 19.7 Å². The second kappa shape index (κ2) is 11.7. The first kappa shape index (κ1) is 29.5. The lowest BCUT2D eigenvalue weighted by Crippen LogP contribution is -2.40. The van der Waals surface area contributed by atoms with Gasteiger partial charge in [0.05, 0.1) is 42.7 Å². The number of halogens is 2. The highest BCUT2D eigenvalue weighted by Crippen LogP contribution is 2.40. The molecule has 4 aromatic rings. The summed E-state index contributed by atoms with van der Waals surface area (Å²) in [6.45, 7) is 7.54. The van der Waals surface area contributed by atoms with Gasteiger partial charge in [-0.3, -0.25) is 9.36 Å². The Morgan fingerprint density at radius 2 is 1.76 bits per heavy atom. The molecule has 0 bridgehead atoms. The van der Waals surface area contributed by atoms with Gasteiger partial charge in [-0.1, -0.05) is 27.3 Å². The lowest BCUT2D eigenvalue weighted by Gasteiger charge is -2.26. The van der Waals surface area contributed by atoms with Crippen LogP contribution >= 0.6 is 27.3 Å². The third-order valence-corrected chi connectivity index (χ3v) is 8.83. The van der Waals surface area contributed by atoms with Gasteiger partial charge in [0, 0.05) is 21.5 Å². The zero-order valence-corrected chi connectivity index (χ0v) is 26.4. The summed E-state index contributed by atoms with van der Waals surface area (Å²) < 4.78 is 34.6. The van der Waals surface area contributed by atoms with E-state index in [2.05, 4.69) is 20.9 Å². The molecular weight excluding hydrogens is 625 g/mol. The molecule has 0 spiro atoms. The molecule has 0 N–H and O–H groups in total. The summed E-state index contributed by atoms with van der Waals surface area (Å²) >= 11 is 4.86. The van der Waals surface area contributed by atoms with E-state index in [1.807, 2.05) is 30.6 Å². The number of aryl methyl sites for hydroxylation is 1. The number of esters is 1. The molecule has 11 heteroatoms. The molecule has 0 amide bonds. The van der Waals surface area contributed by atoms with Crippen molar-refractivity contribution < 1.29 is 23.4 Å². The van der Waals surface area contributed by atoms with Crippen molar-refractivity contribution >= 4 is 39.3 Å². The van der Waals surface area contributed by atoms with Gasteiger partial charge < -0.3 is 18.8 Å². The SMILES string of the molecule is CCOC(=O)C1=C(C)N=c2s/c(=C\c3cc(C)n(-c4ccc(F)cc4)c3C)c(=O)n2[C@@H]1c1cc(OC)c(OC)cc1Br. The van der Waals surface area contributed by atoms with E-state index in [9.17, 15) is 14.0 Å². The van der Waals surface area contributed by atoms with Gasteiger partial charge in [0.15, 0.2) is 16.3 Å². The highest BCUT2D eigenvalue weighted by molar-refractivity contribution is 9.10. The minimum Gasteiger partial charge on any atom is -0.493 e. The highest BCUT2D eigenvalue weighted by atomic mass is 79.9. The number of benzene rings is 2. The molecule has 1 atom stereocenters. The van der Waals surface area contributed by atoms with Crippen LogP contribution in [0.2, 0.25) is 0 Å². The van der Waals surface area contributed by atoms with Crippen molar-refractivity contribution in [3.8, 4) is 17.2 Å². The summed E-state index contributed by atoms with van der Waals surface area (Å²) in [6.07, 6.45) is 1.83. The maximum Gasteiger partial charge on any atom is 0.338 e. The molecule has 1 aliphatic rings. The van der Waals surface area contributed by atoms with Gasteiger partial charge in [0.2, 0.25) is 0 Å². The zero-order chi connectivity index (χ0) is 30.3. The van der Waals surface area contributed by atoms with Gasteiger partial charge in [-0.05, 0) is 87.4 Å². The molecule has 0 radical (unpaired) electrons. The molecule has 0 fully saturated rings. The molecule has 0 aliphatic carbocycles. The number of carbonyl (C=O) groups is 1. The number of allylic oxidation sites excluding steroid dienone is 1. The van der Waals surface area contributed by atoms with E-state index < -0.39 is 12.0 Å². The first-order valence-corrected chi connectivity index (χ1v) is 14.8. The lowest BCUT2D eigenvalue weighted by molar-refractivity contribution is -0.139. The number of fused-ring (bicyclic) bond motifs is 1. The van der Waals surface area contributed by atoms with Crippen LogP contribution in [0.15, 0.2) is 68.0 Å². The molecule has 0 unspecified atom stereocenters. The molecule has 218 valence electrons. The van der Waals surface area contributed by atoms with Crippen molar-refractivity contribution in [3.63, 3.8) is 0 Å². The van der Waals surface area contributed by atoms with Crippen LogP contribution in [0.3, 0.4) is 0 Å². The number of ether oxygens (including phenoxy) is 3. The predicted molar refractivity (Wildman–Crippen MR) is 163 cm³/mol. The maximum atomic E-state index is 14.1. The number of aromatic nitrogens is 2. The summed E-state index contributed by atoms with van der Waals surface area (Å²) in [4.78, 5) is 32.5. The molecule has 2 aromatic carbocycles. The normalized spacial score (nSPS) is 15.0. The maximum absolute atomic E-state index is 14.1. The van der Waals surface area contributed by atoms with Gasteiger partial charge in [-0.15, -0.1) is 0 Å². The van der Waals surface area contributed by atoms with Gasteiger partial charge in [0.1, 0.15) is 5.82 Å². The van der Waals surface area contributed by atoms with Gasteiger partial charge >= 0.3 is 5.97 Å². The zero-order valence-electron chi connectivity index (χ0n) is 24.0. The summed E-state index contributed by atoms with van der Waals surface area (Å²) in [5.41, 5.74) is 4.53. The van der Waals surface area contributed by atoms with Crippen LogP contribution in [-0.4, -0.2) is 35.9 Å². The van der Waals surface area contributed by atoms with E-state index in [0.717, 1.165) is 22.6 Å². The first-order valence-electron chi connectivity index (χ1n) is 13.2. The van der Waals surface area contributed by atoms with E-state index >= 15 is 0 Å². The number of thiazole rings is 1. The topological polar surface area (TPSA) is 84.1 Å². The molecule has 5 rings (SSSR count). The third-order valence-electron chi connectivity index (χ3n) is 7.16. The van der Waals surface area contributed by atoms with E-state index in [1.54, 1.807) is 38.1 Å². The third kappa shape index (κ3) is 5.11. The van der Waals surface area contributed by atoms with E-state index in [4.69, 9.17) is 14.2 Å². The fourth-order valence-electron chi connectivity index (χ4n) is 5.23. The molecule has 3 heterocycles. The second-order valence-corrected chi connectivity index (χ2v) is 11.5. The Balaban J connectivity index is 1.73. The smallest absolute Gasteiger partial charge is 0.338 e. The van der Waals surface area contributed by atoms with Crippen molar-refractivity contribution in [1.82, 2.24) is 9.13 Å². The number of carbonyl (C=O) groups excluding carboxylic acids is 1. The molecule has 0 saturated carbocycles. The highest BCUT2D eigenvalue weighted by Gasteiger charge is 2.35. The van der Waals surface area contributed by atoms with E-state index in [0.29, 0.717) is 36.6 Å². The second-order valence-electron chi connectivity index (χ2n) is 9.67. The summed E-state index contributed by atoms with van der Waals surface area (Å²) in [7, 11) is 3.06. The average Bonchev–Trinajstić information content (AvgIpc) is 3.42. The molecule has 2 aromatic heterocycles. The Morgan fingerprint density at radius 1 is 1.10 bits per heavy atom. The number of hydrogen-bond donors (Lipinski definition) is 0. The number of hydrogen-bond acceptors (Lipinski definition) is 7. The van der Waals surface area contributed by atoms with Crippen LogP contribution in [0.1, 0.15) is 42.4 Å². The molecular formula is C31H29BrFN3O5S. The summed E-state index contributed by atoms with van der Waals surface area (Å²) in [5, 5.41) is 0. The Kier molecular flexibility index (Phi) is 8.25. The Labute approximate surface area is 254 Å². The van der Waals surface area contributed by atoms with Crippen molar-refractivity contribution in [3.05, 3.63) is 106 Å².